The van der Waals surface area contributed by atoms with Crippen molar-refractivity contribution >= 4 is 0 Å². The zero-order chi connectivity index (χ0) is 17.3. The lowest BCUT2D eigenvalue weighted by molar-refractivity contribution is -0.174. The van der Waals surface area contributed by atoms with Gasteiger partial charge in [-0.1, -0.05) is 27.7 Å². The van der Waals surface area contributed by atoms with Crippen LogP contribution in [0.25, 0.3) is 0 Å². The van der Waals surface area contributed by atoms with Crippen LogP contribution < -0.4 is 0 Å². The lowest BCUT2D eigenvalue weighted by atomic mass is 9.43. The maximum atomic E-state index is 11.1. The molecule has 2 heteroatoms. The molecule has 0 radical (unpaired) electrons. The molecule has 24 heavy (non-hydrogen) atoms. The Labute approximate surface area is 148 Å². The summed E-state index contributed by atoms with van der Waals surface area (Å²) in [6, 6.07) is 0. The summed E-state index contributed by atoms with van der Waals surface area (Å²) in [5.41, 5.74) is 0.814. The van der Waals surface area contributed by atoms with Crippen molar-refractivity contribution in [3.8, 4) is 0 Å². The molecule has 0 amide bonds. The Morgan fingerprint density at radius 2 is 1.50 bits per heavy atom. The van der Waals surface area contributed by atoms with Gasteiger partial charge in [0, 0.05) is 0 Å². The van der Waals surface area contributed by atoms with Gasteiger partial charge in [0.2, 0.25) is 0 Å². The average molecular weight is 335 g/mol. The third-order valence-corrected chi connectivity index (χ3v) is 9.53. The van der Waals surface area contributed by atoms with Crippen molar-refractivity contribution in [1.82, 2.24) is 0 Å². The minimum atomic E-state index is -0.131. The molecule has 2 N–H and O–H groups in total. The predicted molar refractivity (Wildman–Crippen MR) is 97.5 cm³/mol. The highest BCUT2D eigenvalue weighted by Crippen LogP contribution is 2.68. The molecule has 4 aliphatic carbocycles. The summed E-state index contributed by atoms with van der Waals surface area (Å²) in [5, 5.41) is 21.3. The van der Waals surface area contributed by atoms with Crippen LogP contribution in [-0.4, -0.2) is 22.4 Å². The number of hydrogen-bond donors (Lipinski definition) is 2. The molecule has 0 aromatic rings. The molecule has 0 aliphatic heterocycles. The van der Waals surface area contributed by atoms with Gasteiger partial charge >= 0.3 is 0 Å². The second-order valence-electron chi connectivity index (χ2n) is 10.7. The van der Waals surface area contributed by atoms with Crippen LogP contribution in [0.1, 0.15) is 79.1 Å². The summed E-state index contributed by atoms with van der Waals surface area (Å²) in [7, 11) is 0. The monoisotopic (exact) mass is 334 g/mol. The normalized spacial score (nSPS) is 57.4. The SMILES string of the molecule is CC(C)[C@H]1CC[C@H]2C3[C@H](O)CC4CC(O)CC[C@]4(C)[C@H]3CC[C@]12C. The summed E-state index contributed by atoms with van der Waals surface area (Å²) in [6.45, 7) is 9.87. The molecule has 3 unspecified atom stereocenters. The largest absolute Gasteiger partial charge is 0.393 e. The van der Waals surface area contributed by atoms with Gasteiger partial charge < -0.3 is 10.2 Å². The maximum Gasteiger partial charge on any atom is 0.0577 e. The van der Waals surface area contributed by atoms with E-state index in [1.807, 2.05) is 0 Å². The minimum Gasteiger partial charge on any atom is -0.393 e. The highest BCUT2D eigenvalue weighted by atomic mass is 16.3. The summed E-state index contributed by atoms with van der Waals surface area (Å²) in [4.78, 5) is 0. The van der Waals surface area contributed by atoms with E-state index in [0.29, 0.717) is 28.6 Å². The number of fused-ring (bicyclic) bond motifs is 5. The molecule has 0 spiro atoms. The van der Waals surface area contributed by atoms with E-state index in [4.69, 9.17) is 0 Å². The fraction of sp³-hybridized carbons (Fsp3) is 1.00. The van der Waals surface area contributed by atoms with E-state index in [1.54, 1.807) is 0 Å². The Morgan fingerprint density at radius 3 is 2.21 bits per heavy atom. The van der Waals surface area contributed by atoms with Crippen molar-refractivity contribution in [2.45, 2.75) is 91.3 Å². The molecular weight excluding hydrogens is 296 g/mol. The van der Waals surface area contributed by atoms with E-state index in [1.165, 1.54) is 32.1 Å². The topological polar surface area (TPSA) is 40.5 Å². The van der Waals surface area contributed by atoms with Gasteiger partial charge in [-0.15, -0.1) is 0 Å². The van der Waals surface area contributed by atoms with Gasteiger partial charge in [0.05, 0.1) is 12.2 Å². The van der Waals surface area contributed by atoms with Crippen molar-refractivity contribution in [3.63, 3.8) is 0 Å². The summed E-state index contributed by atoms with van der Waals surface area (Å²) in [5.74, 6) is 4.07. The fourth-order valence-corrected chi connectivity index (χ4v) is 8.34. The Balaban J connectivity index is 1.65. The van der Waals surface area contributed by atoms with Crippen molar-refractivity contribution < 1.29 is 10.2 Å². The van der Waals surface area contributed by atoms with Crippen LogP contribution in [-0.2, 0) is 0 Å². The number of aliphatic hydroxyl groups excluding tert-OH is 2. The smallest absolute Gasteiger partial charge is 0.0577 e. The Kier molecular flexibility index (Phi) is 4.12. The zero-order valence-corrected chi connectivity index (χ0v) is 16.2. The lowest BCUT2D eigenvalue weighted by Crippen LogP contribution is -2.58. The van der Waals surface area contributed by atoms with E-state index in [0.717, 1.165) is 37.0 Å². The van der Waals surface area contributed by atoms with Crippen LogP contribution in [0.3, 0.4) is 0 Å². The van der Waals surface area contributed by atoms with E-state index in [2.05, 4.69) is 27.7 Å². The molecule has 0 aromatic heterocycles. The quantitative estimate of drug-likeness (QED) is 0.734. The van der Waals surface area contributed by atoms with Gasteiger partial charge in [0.1, 0.15) is 0 Å². The van der Waals surface area contributed by atoms with Gasteiger partial charge in [-0.3, -0.25) is 0 Å². The molecule has 4 aliphatic rings. The molecule has 0 saturated heterocycles. The number of aliphatic hydroxyl groups is 2. The molecule has 0 heterocycles. The molecule has 2 nitrogen and oxygen atoms in total. The Morgan fingerprint density at radius 1 is 0.833 bits per heavy atom. The maximum absolute atomic E-state index is 11.1. The first kappa shape index (κ1) is 17.3. The van der Waals surface area contributed by atoms with Gasteiger partial charge in [-0.2, -0.15) is 0 Å². The van der Waals surface area contributed by atoms with E-state index in [9.17, 15) is 10.2 Å². The minimum absolute atomic E-state index is 0.127. The standard InChI is InChI=1S/C22H38O2/c1-13(2)16-5-6-17-20-18(8-10-22(16,17)4)21(3)9-7-15(23)11-14(21)12-19(20)24/h13-20,23-24H,5-12H2,1-4H3/t14?,15?,16-,17+,18+,19-,20?,21+,22-/m1/s1. The van der Waals surface area contributed by atoms with Crippen molar-refractivity contribution in [3.05, 3.63) is 0 Å². The predicted octanol–water partition coefficient (Wildman–Crippen LogP) is 4.63. The first-order chi connectivity index (χ1) is 11.3. The first-order valence-corrected chi connectivity index (χ1v) is 10.6. The van der Waals surface area contributed by atoms with Crippen LogP contribution in [0.15, 0.2) is 0 Å². The Hall–Kier alpha value is -0.0800. The van der Waals surface area contributed by atoms with Gasteiger partial charge in [0.15, 0.2) is 0 Å². The third-order valence-electron chi connectivity index (χ3n) is 9.53. The fourth-order valence-electron chi connectivity index (χ4n) is 8.34. The summed E-state index contributed by atoms with van der Waals surface area (Å²) >= 11 is 0. The van der Waals surface area contributed by atoms with Crippen LogP contribution in [0.5, 0.6) is 0 Å². The van der Waals surface area contributed by atoms with E-state index >= 15 is 0 Å². The second kappa shape index (κ2) is 5.71. The second-order valence-corrected chi connectivity index (χ2v) is 10.7. The third kappa shape index (κ3) is 2.28. The van der Waals surface area contributed by atoms with Crippen LogP contribution in [0.4, 0.5) is 0 Å². The van der Waals surface area contributed by atoms with Gasteiger partial charge in [-0.25, -0.2) is 0 Å². The van der Waals surface area contributed by atoms with Crippen molar-refractivity contribution in [1.29, 1.82) is 0 Å². The zero-order valence-electron chi connectivity index (χ0n) is 16.2. The van der Waals surface area contributed by atoms with Crippen LogP contribution in [0, 0.1) is 46.3 Å². The van der Waals surface area contributed by atoms with Gasteiger partial charge in [0.25, 0.3) is 0 Å². The number of rotatable bonds is 1. The first-order valence-electron chi connectivity index (χ1n) is 10.6. The van der Waals surface area contributed by atoms with Crippen LogP contribution in [0.2, 0.25) is 0 Å². The average Bonchev–Trinajstić information content (AvgIpc) is 2.86. The molecule has 0 bridgehead atoms. The van der Waals surface area contributed by atoms with Crippen molar-refractivity contribution in [2.75, 3.05) is 0 Å². The lowest BCUT2D eigenvalue weighted by Gasteiger charge is -2.62. The highest BCUT2D eigenvalue weighted by Gasteiger charge is 2.62. The molecule has 4 rings (SSSR count). The molecular formula is C22H38O2. The van der Waals surface area contributed by atoms with Crippen molar-refractivity contribution in [2.24, 2.45) is 46.3 Å². The molecule has 9 atom stereocenters. The van der Waals surface area contributed by atoms with E-state index < -0.39 is 0 Å². The molecule has 4 fully saturated rings. The molecule has 4 saturated carbocycles. The molecule has 138 valence electrons. The molecule has 0 aromatic carbocycles. The Bertz CT molecular complexity index is 488. The van der Waals surface area contributed by atoms with E-state index in [-0.39, 0.29) is 12.2 Å². The number of hydrogen-bond acceptors (Lipinski definition) is 2. The highest BCUT2D eigenvalue weighted by molar-refractivity contribution is 5.11. The van der Waals surface area contributed by atoms with Crippen LogP contribution >= 0.6 is 0 Å². The van der Waals surface area contributed by atoms with Gasteiger partial charge in [-0.05, 0) is 97.7 Å². The summed E-state index contributed by atoms with van der Waals surface area (Å²) < 4.78 is 0. The summed E-state index contributed by atoms with van der Waals surface area (Å²) in [6.07, 6.45) is 9.12.